The van der Waals surface area contributed by atoms with Crippen molar-refractivity contribution in [2.45, 2.75) is 253 Å². The molecular formula is C57H112O7Si4. The van der Waals surface area contributed by atoms with Crippen LogP contribution in [0.1, 0.15) is 150 Å². The van der Waals surface area contributed by atoms with Crippen molar-refractivity contribution in [2.24, 2.45) is 35.5 Å². The largest absolute Gasteiger partial charge is 0.466 e. The smallest absolute Gasteiger partial charge is 0.330 e. The van der Waals surface area contributed by atoms with Crippen LogP contribution in [0.15, 0.2) is 61.3 Å². The highest BCUT2D eigenvalue weighted by molar-refractivity contribution is 6.75. The Morgan fingerprint density at radius 2 is 0.985 bits per heavy atom. The third-order valence-corrected chi connectivity index (χ3v) is 34.6. The standard InChI is InChI=1S/C57H112O7Si4/c1-29-30-33-44(4)52(59)47(7)49(62-66(23,24)55(11,12)13)39-36-42(2)40-46(6)53(64-68(27,28)57(17,18)19)45(5)37-38-48(61-65(21,22)54(8,9)10)41-50(63-67(25,26)56(14,15)16)43(3)34-31-32-35-51(58)60-20/h29-35,37-38,42-50,52-53,59H,1,36,39-41H2,2-28H3/b33-30-,34-31+,35-32-,38-37-/t42-,43+,44-,45+,46-,47-,48+,49+,50-,52-,53+/m0/s1. The molecule has 1 N–H and O–H groups in total. The van der Waals surface area contributed by atoms with E-state index in [9.17, 15) is 9.90 Å². The molecule has 0 heterocycles. The minimum atomic E-state index is -2.22. The highest BCUT2D eigenvalue weighted by Crippen LogP contribution is 2.44. The number of aliphatic hydroxyl groups excluding tert-OH is 1. The molecule has 0 aromatic heterocycles. The molecule has 0 aromatic carbocycles. The number of hydrogen-bond acceptors (Lipinski definition) is 7. The van der Waals surface area contributed by atoms with Gasteiger partial charge in [0.05, 0.1) is 37.6 Å². The number of rotatable bonds is 28. The lowest BCUT2D eigenvalue weighted by molar-refractivity contribution is -0.134. The zero-order valence-electron chi connectivity index (χ0n) is 49.5. The molecule has 0 aliphatic heterocycles. The Morgan fingerprint density at radius 1 is 0.544 bits per heavy atom. The number of methoxy groups -OCH3 is 1. The molecular weight excluding hydrogens is 909 g/mol. The Morgan fingerprint density at radius 3 is 1.44 bits per heavy atom. The first-order valence-electron chi connectivity index (χ1n) is 26.3. The third-order valence-electron chi connectivity index (χ3n) is 16.6. The monoisotopic (exact) mass is 1020 g/mol. The summed E-state index contributed by atoms with van der Waals surface area (Å²) in [7, 11) is -7.31. The maximum Gasteiger partial charge on any atom is 0.330 e. The van der Waals surface area contributed by atoms with Crippen molar-refractivity contribution >= 4 is 39.2 Å². The molecule has 0 aliphatic carbocycles. The van der Waals surface area contributed by atoms with Crippen LogP contribution in [0.25, 0.3) is 0 Å². The SMILES string of the molecule is C=C/C=C\[C@H](C)[C@H](O)[C@@H](C)[C@@H](CC[C@H](C)C[C@H](C)[C@H](O[Si](C)(C)C(C)(C)C)[C@H](C)/C=C\[C@H](C[C@H](O[Si](C)(C)C(C)(C)C)[C@H](C)/C=C/C=C\C(=O)OC)O[Si](C)(C)C(C)(C)C)O[Si](C)(C)C(C)(C)C. The van der Waals surface area contributed by atoms with Crippen LogP contribution in [0.5, 0.6) is 0 Å². The number of ether oxygens (including phenoxy) is 1. The first-order chi connectivity index (χ1) is 30.5. The van der Waals surface area contributed by atoms with Gasteiger partial charge in [-0.05, 0) is 115 Å². The molecule has 0 amide bonds. The molecule has 0 bridgehead atoms. The predicted octanol–water partition coefficient (Wildman–Crippen LogP) is 16.9. The summed E-state index contributed by atoms with van der Waals surface area (Å²) in [5, 5.41) is 11.8. The van der Waals surface area contributed by atoms with E-state index in [-0.39, 0.29) is 74.2 Å². The maximum absolute atomic E-state index is 11.8. The molecule has 0 aliphatic rings. The Bertz CT molecular complexity index is 1620. The van der Waals surface area contributed by atoms with E-state index in [1.165, 1.54) is 13.2 Å². The lowest BCUT2D eigenvalue weighted by Gasteiger charge is -2.44. The van der Waals surface area contributed by atoms with Crippen LogP contribution in [0.3, 0.4) is 0 Å². The molecule has 0 fully saturated rings. The molecule has 7 nitrogen and oxygen atoms in total. The van der Waals surface area contributed by atoms with Gasteiger partial charge < -0.3 is 27.5 Å². The van der Waals surface area contributed by atoms with E-state index in [4.69, 9.17) is 22.4 Å². The van der Waals surface area contributed by atoms with Crippen LogP contribution in [0.4, 0.5) is 0 Å². The Balaban J connectivity index is 7.22. The average molecular weight is 1020 g/mol. The van der Waals surface area contributed by atoms with Crippen LogP contribution in [-0.2, 0) is 27.2 Å². The van der Waals surface area contributed by atoms with E-state index in [2.05, 4.69) is 208 Å². The van der Waals surface area contributed by atoms with Crippen molar-refractivity contribution in [3.8, 4) is 0 Å². The van der Waals surface area contributed by atoms with Crippen LogP contribution < -0.4 is 0 Å². The first-order valence-corrected chi connectivity index (χ1v) is 37.9. The minimum Gasteiger partial charge on any atom is -0.466 e. The fraction of sp³-hybridized carbons (Fsp3) is 0.807. The average Bonchev–Trinajstić information content (AvgIpc) is 3.17. The molecule has 398 valence electrons. The molecule has 0 unspecified atom stereocenters. The number of carbonyl (C=O) groups excluding carboxylic acids is 1. The van der Waals surface area contributed by atoms with E-state index in [0.717, 1.165) is 19.3 Å². The summed E-state index contributed by atoms with van der Waals surface area (Å²) < 4.78 is 34.2. The number of esters is 1. The lowest BCUT2D eigenvalue weighted by atomic mass is 9.82. The van der Waals surface area contributed by atoms with E-state index >= 15 is 0 Å². The van der Waals surface area contributed by atoms with Gasteiger partial charge in [0.1, 0.15) is 0 Å². The van der Waals surface area contributed by atoms with Crippen LogP contribution in [0, 0.1) is 35.5 Å². The van der Waals surface area contributed by atoms with E-state index < -0.39 is 39.4 Å². The summed E-state index contributed by atoms with van der Waals surface area (Å²) in [5.41, 5.74) is 0. The van der Waals surface area contributed by atoms with Gasteiger partial charge in [0.2, 0.25) is 0 Å². The van der Waals surface area contributed by atoms with Gasteiger partial charge in [-0.25, -0.2) is 4.79 Å². The lowest BCUT2D eigenvalue weighted by Crippen LogP contribution is -2.48. The molecule has 11 atom stereocenters. The van der Waals surface area contributed by atoms with Gasteiger partial charge in [0.15, 0.2) is 33.3 Å². The van der Waals surface area contributed by atoms with E-state index in [0.29, 0.717) is 18.3 Å². The van der Waals surface area contributed by atoms with E-state index in [1.54, 1.807) is 12.2 Å². The summed E-state index contributed by atoms with van der Waals surface area (Å²) >= 11 is 0. The van der Waals surface area contributed by atoms with E-state index in [1.807, 2.05) is 12.2 Å². The van der Waals surface area contributed by atoms with Gasteiger partial charge in [0.25, 0.3) is 0 Å². The second-order valence-electron chi connectivity index (χ2n) is 26.9. The van der Waals surface area contributed by atoms with Crippen LogP contribution >= 0.6 is 0 Å². The van der Waals surface area contributed by atoms with Gasteiger partial charge in [-0.3, -0.25) is 0 Å². The molecule has 0 saturated heterocycles. The maximum atomic E-state index is 11.8. The highest BCUT2D eigenvalue weighted by Gasteiger charge is 2.45. The fourth-order valence-electron chi connectivity index (χ4n) is 7.49. The second-order valence-corrected chi connectivity index (χ2v) is 45.9. The van der Waals surface area contributed by atoms with Gasteiger partial charge >= 0.3 is 5.97 Å². The zero-order chi connectivity index (χ0) is 53.7. The highest BCUT2D eigenvalue weighted by atomic mass is 28.4. The van der Waals surface area contributed by atoms with Crippen LogP contribution in [-0.4, -0.2) is 82.0 Å². The summed E-state index contributed by atoms with van der Waals surface area (Å²) in [4.78, 5) is 11.8. The van der Waals surface area contributed by atoms with Gasteiger partial charge in [-0.2, -0.15) is 0 Å². The number of aliphatic hydroxyl groups is 1. The van der Waals surface area contributed by atoms with Gasteiger partial charge in [-0.15, -0.1) is 0 Å². The quantitative estimate of drug-likeness (QED) is 0.0275. The molecule has 68 heavy (non-hydrogen) atoms. The number of carbonyl (C=O) groups is 1. The molecule has 0 saturated carbocycles. The van der Waals surface area contributed by atoms with Crippen molar-refractivity contribution in [1.29, 1.82) is 0 Å². The van der Waals surface area contributed by atoms with Crippen molar-refractivity contribution in [1.82, 2.24) is 0 Å². The topological polar surface area (TPSA) is 83.5 Å². The second kappa shape index (κ2) is 27.2. The summed E-state index contributed by atoms with van der Waals surface area (Å²) in [6.07, 6.45) is 20.6. The summed E-state index contributed by atoms with van der Waals surface area (Å²) in [5.74, 6) is 0.527. The zero-order valence-corrected chi connectivity index (χ0v) is 53.5. The third kappa shape index (κ3) is 21.9. The predicted molar refractivity (Wildman–Crippen MR) is 307 cm³/mol. The van der Waals surface area contributed by atoms with Crippen molar-refractivity contribution < 1.29 is 32.3 Å². The Hall–Kier alpha value is -1.16. The summed E-state index contributed by atoms with van der Waals surface area (Å²) in [6.45, 7) is 64.0. The fourth-order valence-corrected chi connectivity index (χ4v) is 13.1. The molecule has 0 spiro atoms. The van der Waals surface area contributed by atoms with Gasteiger partial charge in [0, 0.05) is 24.3 Å². The molecule has 0 radical (unpaired) electrons. The minimum absolute atomic E-state index is 0.00169. The summed E-state index contributed by atoms with van der Waals surface area (Å²) in [6, 6.07) is 0. The number of allylic oxidation sites excluding steroid dienone is 4. The van der Waals surface area contributed by atoms with Gasteiger partial charge in [-0.1, -0.05) is 180 Å². The molecule has 0 rings (SSSR count). The molecule has 11 heteroatoms. The van der Waals surface area contributed by atoms with Crippen molar-refractivity contribution in [3.63, 3.8) is 0 Å². The van der Waals surface area contributed by atoms with Crippen molar-refractivity contribution in [2.75, 3.05) is 7.11 Å². The van der Waals surface area contributed by atoms with Crippen LogP contribution in [0.2, 0.25) is 72.5 Å². The first kappa shape index (κ1) is 66.8. The molecule has 0 aromatic rings. The van der Waals surface area contributed by atoms with Crippen molar-refractivity contribution in [3.05, 3.63) is 61.3 Å². The normalized spacial score (nSPS) is 19.5. The Labute approximate surface area is 426 Å². The number of hydrogen-bond donors (Lipinski definition) is 1. The Kier molecular flexibility index (Phi) is 26.8.